The molecule has 0 heterocycles. The quantitative estimate of drug-likeness (QED) is 0.742. The van der Waals surface area contributed by atoms with Gasteiger partial charge in [-0.15, -0.1) is 0 Å². The van der Waals surface area contributed by atoms with Gasteiger partial charge in [-0.25, -0.2) is 8.42 Å². The summed E-state index contributed by atoms with van der Waals surface area (Å²) in [5.41, 5.74) is 0.862. The lowest BCUT2D eigenvalue weighted by Gasteiger charge is -2.21. The van der Waals surface area contributed by atoms with E-state index in [1.807, 2.05) is 13.0 Å². The Labute approximate surface area is 125 Å². The summed E-state index contributed by atoms with van der Waals surface area (Å²) in [6, 6.07) is 6.31. The second-order valence-corrected chi connectivity index (χ2v) is 6.41. The molecule has 1 aromatic carbocycles. The third kappa shape index (κ3) is 4.03. The molecule has 0 amide bonds. The molecule has 0 aromatic heterocycles. The molecule has 0 N–H and O–H groups in total. The van der Waals surface area contributed by atoms with Gasteiger partial charge in [-0.1, -0.05) is 6.92 Å². The minimum atomic E-state index is -3.80. The van der Waals surface area contributed by atoms with E-state index < -0.39 is 16.0 Å². The van der Waals surface area contributed by atoms with Gasteiger partial charge in [-0.3, -0.25) is 4.79 Å². The van der Waals surface area contributed by atoms with E-state index in [1.54, 1.807) is 6.92 Å². The van der Waals surface area contributed by atoms with Gasteiger partial charge in [0.2, 0.25) is 10.0 Å². The van der Waals surface area contributed by atoms with E-state index in [-0.39, 0.29) is 18.0 Å². The van der Waals surface area contributed by atoms with E-state index in [0.717, 1.165) is 4.31 Å². The maximum absolute atomic E-state index is 12.6. The van der Waals surface area contributed by atoms with Crippen molar-refractivity contribution in [3.8, 4) is 6.07 Å². The fourth-order valence-corrected chi connectivity index (χ4v) is 3.57. The zero-order chi connectivity index (χ0) is 16.0. The topological polar surface area (TPSA) is 87.5 Å². The molecular weight excluding hydrogens is 292 g/mol. The minimum Gasteiger partial charge on any atom is -0.468 e. The van der Waals surface area contributed by atoms with Gasteiger partial charge in [-0.2, -0.15) is 9.57 Å². The highest BCUT2D eigenvalue weighted by Gasteiger charge is 2.27. The highest BCUT2D eigenvalue weighted by molar-refractivity contribution is 7.89. The van der Waals surface area contributed by atoms with Crippen LogP contribution in [0.4, 0.5) is 0 Å². The third-order valence-electron chi connectivity index (χ3n) is 2.93. The number of nitriles is 1. The first-order chi connectivity index (χ1) is 9.86. The average Bonchev–Trinajstić information content (AvgIpc) is 2.45. The molecule has 0 bridgehead atoms. The molecule has 6 nitrogen and oxygen atoms in total. The second kappa shape index (κ2) is 7.20. The molecular formula is C14H18N2O4S. The zero-order valence-electron chi connectivity index (χ0n) is 12.3. The summed E-state index contributed by atoms with van der Waals surface area (Å²) in [4.78, 5) is 11.5. The summed E-state index contributed by atoms with van der Waals surface area (Å²) < 4.78 is 30.9. The van der Waals surface area contributed by atoms with Gasteiger partial charge in [0.25, 0.3) is 0 Å². The number of ether oxygens (including phenoxy) is 1. The van der Waals surface area contributed by atoms with Crippen LogP contribution < -0.4 is 0 Å². The Balaban J connectivity index is 3.23. The number of benzene rings is 1. The maximum Gasteiger partial charge on any atom is 0.321 e. The third-order valence-corrected chi connectivity index (χ3v) is 4.93. The number of esters is 1. The summed E-state index contributed by atoms with van der Waals surface area (Å²) in [6.07, 6.45) is 0.575. The molecule has 1 rings (SSSR count). The Morgan fingerprint density at radius 1 is 1.43 bits per heavy atom. The van der Waals surface area contributed by atoms with Crippen LogP contribution in [0.25, 0.3) is 0 Å². The van der Waals surface area contributed by atoms with Gasteiger partial charge >= 0.3 is 5.97 Å². The van der Waals surface area contributed by atoms with E-state index in [2.05, 4.69) is 4.74 Å². The number of hydrogen-bond acceptors (Lipinski definition) is 5. The zero-order valence-corrected chi connectivity index (χ0v) is 13.1. The van der Waals surface area contributed by atoms with Crippen molar-refractivity contribution in [2.45, 2.75) is 25.2 Å². The standard InChI is InChI=1S/C14H18N2O4S/c1-4-7-16(10-14(17)20-3)21(18,19)13-6-5-12(9-15)8-11(13)2/h5-6,8H,4,7,10H2,1-3H3. The van der Waals surface area contributed by atoms with Crippen molar-refractivity contribution in [3.63, 3.8) is 0 Å². The predicted molar refractivity (Wildman–Crippen MR) is 77.0 cm³/mol. The number of aryl methyl sites for hydroxylation is 1. The number of carbonyl (C=O) groups excluding carboxylic acids is 1. The number of methoxy groups -OCH3 is 1. The molecule has 0 aliphatic carbocycles. The van der Waals surface area contributed by atoms with Crippen LogP contribution in [-0.4, -0.2) is 38.9 Å². The molecule has 0 fully saturated rings. The lowest BCUT2D eigenvalue weighted by Crippen LogP contribution is -2.37. The molecule has 0 saturated heterocycles. The summed E-state index contributed by atoms with van der Waals surface area (Å²) in [6.45, 7) is 3.34. The number of carbonyl (C=O) groups is 1. The lowest BCUT2D eigenvalue weighted by molar-refractivity contribution is -0.140. The van der Waals surface area contributed by atoms with Crippen LogP contribution >= 0.6 is 0 Å². The van der Waals surface area contributed by atoms with Crippen LogP contribution in [0.3, 0.4) is 0 Å². The monoisotopic (exact) mass is 310 g/mol. The predicted octanol–water partition coefficient (Wildman–Crippen LogP) is 1.44. The molecule has 0 spiro atoms. The lowest BCUT2D eigenvalue weighted by atomic mass is 10.2. The first-order valence-electron chi connectivity index (χ1n) is 6.44. The van der Waals surface area contributed by atoms with Gasteiger partial charge in [0.15, 0.2) is 0 Å². The van der Waals surface area contributed by atoms with Gasteiger partial charge in [-0.05, 0) is 37.1 Å². The highest BCUT2D eigenvalue weighted by Crippen LogP contribution is 2.21. The van der Waals surface area contributed by atoms with Crippen molar-refractivity contribution in [3.05, 3.63) is 29.3 Å². The SMILES string of the molecule is CCCN(CC(=O)OC)S(=O)(=O)c1ccc(C#N)cc1C. The summed E-state index contributed by atoms with van der Waals surface area (Å²) in [7, 11) is -2.59. The second-order valence-electron chi connectivity index (χ2n) is 4.51. The molecule has 1 aromatic rings. The van der Waals surface area contributed by atoms with Gasteiger partial charge in [0, 0.05) is 6.54 Å². The smallest absolute Gasteiger partial charge is 0.321 e. The average molecular weight is 310 g/mol. The first kappa shape index (κ1) is 17.1. The van der Waals surface area contributed by atoms with Crippen molar-refractivity contribution in [1.82, 2.24) is 4.31 Å². The molecule has 0 unspecified atom stereocenters. The van der Waals surface area contributed by atoms with E-state index in [1.165, 1.54) is 25.3 Å². The maximum atomic E-state index is 12.6. The first-order valence-corrected chi connectivity index (χ1v) is 7.88. The molecule has 0 aliphatic rings. The van der Waals surface area contributed by atoms with E-state index in [9.17, 15) is 13.2 Å². The Bertz CT molecular complexity index is 662. The van der Waals surface area contributed by atoms with Crippen LogP contribution in [0, 0.1) is 18.3 Å². The van der Waals surface area contributed by atoms with Gasteiger partial charge in [0.1, 0.15) is 6.54 Å². The summed E-state index contributed by atoms with van der Waals surface area (Å²) in [5.74, 6) is -0.613. The molecule has 0 radical (unpaired) electrons. The van der Waals surface area contributed by atoms with Crippen molar-refractivity contribution >= 4 is 16.0 Å². The Morgan fingerprint density at radius 2 is 2.10 bits per heavy atom. The number of nitrogens with zero attached hydrogens (tertiary/aromatic N) is 2. The van der Waals surface area contributed by atoms with Crippen LogP contribution in [0.15, 0.2) is 23.1 Å². The Morgan fingerprint density at radius 3 is 2.57 bits per heavy atom. The van der Waals surface area contributed by atoms with E-state index >= 15 is 0 Å². The van der Waals surface area contributed by atoms with Crippen molar-refractivity contribution in [1.29, 1.82) is 5.26 Å². The van der Waals surface area contributed by atoms with E-state index in [0.29, 0.717) is 17.5 Å². The highest BCUT2D eigenvalue weighted by atomic mass is 32.2. The Kier molecular flexibility index (Phi) is 5.88. The normalized spacial score (nSPS) is 11.2. The summed E-state index contributed by atoms with van der Waals surface area (Å²) in [5, 5.41) is 8.83. The van der Waals surface area contributed by atoms with Gasteiger partial charge < -0.3 is 4.74 Å². The molecule has 0 atom stereocenters. The number of sulfonamides is 1. The Hall–Kier alpha value is -1.91. The fraction of sp³-hybridized carbons (Fsp3) is 0.429. The number of rotatable bonds is 6. The van der Waals surface area contributed by atoms with Crippen molar-refractivity contribution in [2.75, 3.05) is 20.2 Å². The number of hydrogen-bond donors (Lipinski definition) is 0. The van der Waals surface area contributed by atoms with E-state index in [4.69, 9.17) is 5.26 Å². The molecule has 21 heavy (non-hydrogen) atoms. The van der Waals surface area contributed by atoms with Gasteiger partial charge in [0.05, 0.1) is 23.6 Å². The van der Waals surface area contributed by atoms with Crippen LogP contribution in [-0.2, 0) is 19.6 Å². The van der Waals surface area contributed by atoms with Crippen molar-refractivity contribution in [2.24, 2.45) is 0 Å². The van der Waals surface area contributed by atoms with Crippen molar-refractivity contribution < 1.29 is 17.9 Å². The largest absolute Gasteiger partial charge is 0.468 e. The molecule has 0 saturated carbocycles. The van der Waals surface area contributed by atoms with Crippen LogP contribution in [0.5, 0.6) is 0 Å². The molecule has 0 aliphatic heterocycles. The molecule has 7 heteroatoms. The van der Waals surface area contributed by atoms with Crippen LogP contribution in [0.2, 0.25) is 0 Å². The fourth-order valence-electron chi connectivity index (χ4n) is 1.89. The summed E-state index contributed by atoms with van der Waals surface area (Å²) >= 11 is 0. The molecule has 114 valence electrons. The minimum absolute atomic E-state index is 0.0962. The van der Waals surface area contributed by atoms with Crippen LogP contribution in [0.1, 0.15) is 24.5 Å².